The van der Waals surface area contributed by atoms with Crippen molar-refractivity contribution >= 4 is 0 Å². The van der Waals surface area contributed by atoms with Crippen LogP contribution in [-0.2, 0) is 0 Å². The van der Waals surface area contributed by atoms with Crippen LogP contribution >= 0.6 is 0 Å². The van der Waals surface area contributed by atoms with E-state index in [9.17, 15) is 0 Å². The van der Waals surface area contributed by atoms with E-state index in [0.29, 0.717) is 6.04 Å². The normalized spacial score (nSPS) is 14.6. The Hall–Kier alpha value is -0.760. The summed E-state index contributed by atoms with van der Waals surface area (Å²) in [6, 6.07) is 2.56. The van der Waals surface area contributed by atoms with E-state index in [1.807, 2.05) is 6.26 Å². The van der Waals surface area contributed by atoms with Crippen molar-refractivity contribution in [2.24, 2.45) is 5.92 Å². The molecule has 0 aromatic carbocycles. The van der Waals surface area contributed by atoms with Gasteiger partial charge in [0.15, 0.2) is 0 Å². The topological polar surface area (TPSA) is 25.2 Å². The van der Waals surface area contributed by atoms with E-state index in [-0.39, 0.29) is 0 Å². The smallest absolute Gasteiger partial charge is 0.0950 e. The zero-order chi connectivity index (χ0) is 13.2. The predicted molar refractivity (Wildman–Crippen MR) is 77.7 cm³/mol. The highest BCUT2D eigenvalue weighted by molar-refractivity contribution is 5.11. The van der Waals surface area contributed by atoms with Gasteiger partial charge in [-0.25, -0.2) is 0 Å². The number of rotatable bonds is 10. The van der Waals surface area contributed by atoms with E-state index in [0.717, 1.165) is 12.5 Å². The largest absolute Gasteiger partial charge is 0.472 e. The fourth-order valence-corrected chi connectivity index (χ4v) is 2.44. The SMILES string of the molecule is CCCCC(CC)CC(NCCC)c1ccoc1. The zero-order valence-corrected chi connectivity index (χ0v) is 12.2. The summed E-state index contributed by atoms with van der Waals surface area (Å²) in [5.41, 5.74) is 1.30. The summed E-state index contributed by atoms with van der Waals surface area (Å²) >= 11 is 0. The Morgan fingerprint density at radius 3 is 2.61 bits per heavy atom. The lowest BCUT2D eigenvalue weighted by molar-refractivity contribution is 0.352. The minimum absolute atomic E-state index is 0.463. The fourth-order valence-electron chi connectivity index (χ4n) is 2.44. The first-order chi connectivity index (χ1) is 8.81. The quantitative estimate of drug-likeness (QED) is 0.638. The average Bonchev–Trinajstić information content (AvgIpc) is 2.92. The molecule has 1 heterocycles. The number of hydrogen-bond donors (Lipinski definition) is 1. The second-order valence-corrected chi connectivity index (χ2v) is 5.22. The number of hydrogen-bond acceptors (Lipinski definition) is 2. The summed E-state index contributed by atoms with van der Waals surface area (Å²) in [5.74, 6) is 0.828. The van der Waals surface area contributed by atoms with Crippen LogP contribution < -0.4 is 5.32 Å². The molecule has 1 N–H and O–H groups in total. The van der Waals surface area contributed by atoms with Crippen molar-refractivity contribution in [2.45, 2.75) is 65.3 Å². The fraction of sp³-hybridized carbons (Fsp3) is 0.750. The molecule has 0 radical (unpaired) electrons. The molecular formula is C16H29NO. The van der Waals surface area contributed by atoms with E-state index in [1.54, 1.807) is 6.26 Å². The first-order valence-electron chi connectivity index (χ1n) is 7.57. The summed E-state index contributed by atoms with van der Waals surface area (Å²) in [5, 5.41) is 3.65. The Labute approximate surface area is 112 Å². The van der Waals surface area contributed by atoms with Gasteiger partial charge in [-0.15, -0.1) is 0 Å². The highest BCUT2D eigenvalue weighted by Gasteiger charge is 2.17. The summed E-state index contributed by atoms with van der Waals surface area (Å²) < 4.78 is 5.23. The Kier molecular flexibility index (Phi) is 7.83. The Balaban J connectivity index is 2.53. The molecule has 0 fully saturated rings. The molecule has 18 heavy (non-hydrogen) atoms. The third kappa shape index (κ3) is 5.26. The van der Waals surface area contributed by atoms with Gasteiger partial charge in [0.05, 0.1) is 12.5 Å². The van der Waals surface area contributed by atoms with Crippen LogP contribution in [0.15, 0.2) is 23.0 Å². The van der Waals surface area contributed by atoms with E-state index >= 15 is 0 Å². The third-order valence-corrected chi connectivity index (χ3v) is 3.70. The molecule has 0 aliphatic carbocycles. The molecule has 1 aromatic rings. The van der Waals surface area contributed by atoms with Gasteiger partial charge in [0.25, 0.3) is 0 Å². The second-order valence-electron chi connectivity index (χ2n) is 5.22. The monoisotopic (exact) mass is 251 g/mol. The Morgan fingerprint density at radius 2 is 2.06 bits per heavy atom. The summed E-state index contributed by atoms with van der Waals surface area (Å²) in [7, 11) is 0. The molecule has 2 nitrogen and oxygen atoms in total. The van der Waals surface area contributed by atoms with Gasteiger partial charge in [-0.1, -0.05) is 46.5 Å². The van der Waals surface area contributed by atoms with Crippen LogP contribution in [0.5, 0.6) is 0 Å². The molecule has 2 unspecified atom stereocenters. The van der Waals surface area contributed by atoms with Gasteiger partial charge in [0.1, 0.15) is 0 Å². The minimum atomic E-state index is 0.463. The molecule has 0 saturated heterocycles. The standard InChI is InChI=1S/C16H29NO/c1-4-7-8-14(6-3)12-16(17-10-5-2)15-9-11-18-13-15/h9,11,13-14,16-17H,4-8,10,12H2,1-3H3. The molecule has 1 aromatic heterocycles. The van der Waals surface area contributed by atoms with Crippen molar-refractivity contribution in [2.75, 3.05) is 6.54 Å². The van der Waals surface area contributed by atoms with Crippen molar-refractivity contribution in [3.63, 3.8) is 0 Å². The van der Waals surface area contributed by atoms with Crippen molar-refractivity contribution in [3.8, 4) is 0 Å². The summed E-state index contributed by atoms with van der Waals surface area (Å²) in [6.45, 7) is 7.88. The van der Waals surface area contributed by atoms with Gasteiger partial charge in [0.2, 0.25) is 0 Å². The van der Waals surface area contributed by atoms with E-state index in [1.165, 1.54) is 44.1 Å². The van der Waals surface area contributed by atoms with Gasteiger partial charge in [-0.05, 0) is 31.4 Å². The Morgan fingerprint density at radius 1 is 1.22 bits per heavy atom. The van der Waals surface area contributed by atoms with Crippen molar-refractivity contribution in [1.29, 1.82) is 0 Å². The molecule has 0 aliphatic heterocycles. The van der Waals surface area contributed by atoms with Crippen LogP contribution in [0.3, 0.4) is 0 Å². The second kappa shape index (κ2) is 9.21. The van der Waals surface area contributed by atoms with Crippen molar-refractivity contribution in [1.82, 2.24) is 5.32 Å². The molecule has 2 atom stereocenters. The Bertz CT molecular complexity index is 281. The molecule has 0 aliphatic rings. The van der Waals surface area contributed by atoms with Crippen LogP contribution in [0.1, 0.15) is 70.9 Å². The number of furan rings is 1. The maximum atomic E-state index is 5.23. The minimum Gasteiger partial charge on any atom is -0.472 e. The highest BCUT2D eigenvalue weighted by atomic mass is 16.3. The number of unbranched alkanes of at least 4 members (excludes halogenated alkanes) is 1. The van der Waals surface area contributed by atoms with Crippen molar-refractivity contribution in [3.05, 3.63) is 24.2 Å². The zero-order valence-electron chi connectivity index (χ0n) is 12.2. The van der Waals surface area contributed by atoms with Gasteiger partial charge in [0, 0.05) is 11.6 Å². The van der Waals surface area contributed by atoms with E-state index in [4.69, 9.17) is 4.42 Å². The van der Waals surface area contributed by atoms with E-state index in [2.05, 4.69) is 32.2 Å². The van der Waals surface area contributed by atoms with Gasteiger partial charge >= 0.3 is 0 Å². The lowest BCUT2D eigenvalue weighted by Gasteiger charge is -2.23. The first-order valence-corrected chi connectivity index (χ1v) is 7.57. The van der Waals surface area contributed by atoms with Crippen molar-refractivity contribution < 1.29 is 4.42 Å². The predicted octanol–water partition coefficient (Wildman–Crippen LogP) is 4.93. The van der Waals surface area contributed by atoms with Crippen LogP contribution in [0, 0.1) is 5.92 Å². The molecule has 0 bridgehead atoms. The van der Waals surface area contributed by atoms with E-state index < -0.39 is 0 Å². The third-order valence-electron chi connectivity index (χ3n) is 3.70. The molecule has 1 rings (SSSR count). The average molecular weight is 251 g/mol. The number of nitrogens with one attached hydrogen (secondary N) is 1. The molecule has 2 heteroatoms. The molecular weight excluding hydrogens is 222 g/mol. The maximum Gasteiger partial charge on any atom is 0.0950 e. The van der Waals surface area contributed by atoms with Crippen LogP contribution in [0.4, 0.5) is 0 Å². The van der Waals surface area contributed by atoms with Gasteiger partial charge in [-0.3, -0.25) is 0 Å². The lowest BCUT2D eigenvalue weighted by Crippen LogP contribution is -2.24. The van der Waals surface area contributed by atoms with Crippen LogP contribution in [0.25, 0.3) is 0 Å². The molecule has 104 valence electrons. The molecule has 0 amide bonds. The van der Waals surface area contributed by atoms with Crippen LogP contribution in [0.2, 0.25) is 0 Å². The molecule has 0 spiro atoms. The highest BCUT2D eigenvalue weighted by Crippen LogP contribution is 2.27. The maximum absolute atomic E-state index is 5.23. The summed E-state index contributed by atoms with van der Waals surface area (Å²) in [6.07, 6.45) is 11.4. The lowest BCUT2D eigenvalue weighted by atomic mass is 9.90. The first kappa shape index (κ1) is 15.3. The molecule has 0 saturated carbocycles. The summed E-state index contributed by atoms with van der Waals surface area (Å²) in [4.78, 5) is 0. The van der Waals surface area contributed by atoms with Crippen LogP contribution in [-0.4, -0.2) is 6.54 Å². The van der Waals surface area contributed by atoms with Gasteiger partial charge in [-0.2, -0.15) is 0 Å². The van der Waals surface area contributed by atoms with Gasteiger partial charge < -0.3 is 9.73 Å².